The van der Waals surface area contributed by atoms with Crippen molar-refractivity contribution in [1.29, 1.82) is 0 Å². The fourth-order valence-electron chi connectivity index (χ4n) is 3.28. The number of aliphatic hydroxyl groups is 1. The van der Waals surface area contributed by atoms with E-state index in [2.05, 4.69) is 11.9 Å². The van der Waals surface area contributed by atoms with Crippen molar-refractivity contribution in [1.82, 2.24) is 14.1 Å². The Balaban J connectivity index is 1.88. The molecule has 0 spiro atoms. The normalized spacial score (nSPS) is 11.1. The fourth-order valence-corrected chi connectivity index (χ4v) is 3.54. The molecular formula is C21H24ClN3O3. The monoisotopic (exact) mass is 401 g/mol. The number of aromatic nitrogens is 3. The SMILES string of the molecule is CCCCc1nc(CO)c(Cl)n1Cc1ccc(-n2ccc(C)c2C(=O)O)cc1. The number of hydrogen-bond donors (Lipinski definition) is 2. The van der Waals surface area contributed by atoms with Crippen LogP contribution in [0.1, 0.15) is 52.9 Å². The molecule has 2 heterocycles. The Hall–Kier alpha value is -2.57. The van der Waals surface area contributed by atoms with Gasteiger partial charge in [0.2, 0.25) is 0 Å². The van der Waals surface area contributed by atoms with Crippen LogP contribution in [0.3, 0.4) is 0 Å². The Morgan fingerprint density at radius 1 is 1.21 bits per heavy atom. The summed E-state index contributed by atoms with van der Waals surface area (Å²) in [5.74, 6) is -0.0805. The largest absolute Gasteiger partial charge is 0.477 e. The standard InChI is InChI=1S/C21H24ClN3O3/c1-3-4-5-18-23-17(13-26)20(22)25(18)12-15-6-8-16(9-7-15)24-11-10-14(2)19(24)21(27)28/h6-11,26H,3-5,12-13H2,1-2H3,(H,27,28). The molecule has 0 radical (unpaired) electrons. The number of carboxylic acid groups (broad SMARTS) is 1. The van der Waals surface area contributed by atoms with E-state index in [1.165, 1.54) is 0 Å². The summed E-state index contributed by atoms with van der Waals surface area (Å²) in [6.45, 7) is 4.26. The van der Waals surface area contributed by atoms with Crippen molar-refractivity contribution >= 4 is 17.6 Å². The molecule has 1 aromatic carbocycles. The number of nitrogens with zero attached hydrogens (tertiary/aromatic N) is 3. The third-order valence-electron chi connectivity index (χ3n) is 4.80. The lowest BCUT2D eigenvalue weighted by Crippen LogP contribution is -2.08. The Morgan fingerprint density at radius 3 is 2.54 bits per heavy atom. The lowest BCUT2D eigenvalue weighted by molar-refractivity contribution is 0.0687. The van der Waals surface area contributed by atoms with Gasteiger partial charge < -0.3 is 19.3 Å². The van der Waals surface area contributed by atoms with Gasteiger partial charge in [-0.1, -0.05) is 37.1 Å². The molecular weight excluding hydrogens is 378 g/mol. The maximum atomic E-state index is 11.5. The third-order valence-corrected chi connectivity index (χ3v) is 5.22. The van der Waals surface area contributed by atoms with Crippen LogP contribution in [0, 0.1) is 6.92 Å². The highest BCUT2D eigenvalue weighted by molar-refractivity contribution is 6.30. The van der Waals surface area contributed by atoms with Crippen molar-refractivity contribution in [2.24, 2.45) is 0 Å². The molecule has 0 fully saturated rings. The molecule has 28 heavy (non-hydrogen) atoms. The molecule has 0 aliphatic carbocycles. The first-order valence-corrected chi connectivity index (χ1v) is 9.69. The number of carbonyl (C=O) groups is 1. The van der Waals surface area contributed by atoms with Crippen LogP contribution in [-0.4, -0.2) is 30.3 Å². The van der Waals surface area contributed by atoms with Crippen molar-refractivity contribution in [2.45, 2.75) is 46.3 Å². The summed E-state index contributed by atoms with van der Waals surface area (Å²) in [7, 11) is 0. The van der Waals surface area contributed by atoms with E-state index < -0.39 is 5.97 Å². The number of benzene rings is 1. The van der Waals surface area contributed by atoms with Crippen molar-refractivity contribution in [3.8, 4) is 5.69 Å². The van der Waals surface area contributed by atoms with E-state index in [1.807, 2.05) is 28.8 Å². The molecule has 0 saturated carbocycles. The molecule has 0 bridgehead atoms. The minimum Gasteiger partial charge on any atom is -0.477 e. The fraction of sp³-hybridized carbons (Fsp3) is 0.333. The van der Waals surface area contributed by atoms with Crippen LogP contribution in [0.5, 0.6) is 0 Å². The van der Waals surface area contributed by atoms with Gasteiger partial charge in [-0.3, -0.25) is 0 Å². The smallest absolute Gasteiger partial charge is 0.353 e. The second-order valence-electron chi connectivity index (χ2n) is 6.80. The number of aliphatic hydroxyl groups excluding tert-OH is 1. The van der Waals surface area contributed by atoms with Crippen LogP contribution in [0.4, 0.5) is 0 Å². The summed E-state index contributed by atoms with van der Waals surface area (Å²) in [6, 6.07) is 9.48. The zero-order valence-corrected chi connectivity index (χ0v) is 16.8. The van der Waals surface area contributed by atoms with E-state index in [1.54, 1.807) is 23.8 Å². The van der Waals surface area contributed by atoms with E-state index >= 15 is 0 Å². The molecule has 0 saturated heterocycles. The van der Waals surface area contributed by atoms with Crippen LogP contribution in [0.15, 0.2) is 36.5 Å². The summed E-state index contributed by atoms with van der Waals surface area (Å²) >= 11 is 6.42. The first-order chi connectivity index (χ1) is 13.5. The lowest BCUT2D eigenvalue weighted by atomic mass is 10.2. The summed E-state index contributed by atoms with van der Waals surface area (Å²) in [5, 5.41) is 19.4. The molecule has 0 atom stereocenters. The van der Waals surface area contributed by atoms with Gasteiger partial charge in [-0.25, -0.2) is 9.78 Å². The molecule has 6 nitrogen and oxygen atoms in total. The number of hydrogen-bond acceptors (Lipinski definition) is 3. The highest BCUT2D eigenvalue weighted by Gasteiger charge is 2.16. The highest BCUT2D eigenvalue weighted by Crippen LogP contribution is 2.23. The number of aryl methyl sites for hydroxylation is 2. The van der Waals surface area contributed by atoms with Crippen molar-refractivity contribution in [3.05, 3.63) is 70.0 Å². The molecule has 0 aliphatic heterocycles. The van der Waals surface area contributed by atoms with E-state index in [-0.39, 0.29) is 12.3 Å². The molecule has 148 valence electrons. The number of aromatic carboxylic acids is 1. The second-order valence-corrected chi connectivity index (χ2v) is 7.16. The first-order valence-electron chi connectivity index (χ1n) is 9.31. The van der Waals surface area contributed by atoms with Crippen molar-refractivity contribution < 1.29 is 15.0 Å². The van der Waals surface area contributed by atoms with E-state index in [0.29, 0.717) is 17.4 Å². The number of halogens is 1. The summed E-state index contributed by atoms with van der Waals surface area (Å²) in [5.41, 5.74) is 3.29. The Kier molecular flexibility index (Phi) is 6.21. The molecule has 2 aromatic heterocycles. The van der Waals surface area contributed by atoms with Gasteiger partial charge in [0.1, 0.15) is 22.4 Å². The van der Waals surface area contributed by atoms with Crippen LogP contribution in [0.25, 0.3) is 5.69 Å². The predicted molar refractivity (Wildman–Crippen MR) is 108 cm³/mol. The van der Waals surface area contributed by atoms with E-state index in [0.717, 1.165) is 41.9 Å². The van der Waals surface area contributed by atoms with E-state index in [4.69, 9.17) is 11.6 Å². The van der Waals surface area contributed by atoms with Gasteiger partial charge in [-0.15, -0.1) is 0 Å². The second kappa shape index (κ2) is 8.63. The minimum absolute atomic E-state index is 0.186. The van der Waals surface area contributed by atoms with Crippen molar-refractivity contribution in [2.75, 3.05) is 0 Å². The first kappa shape index (κ1) is 20.2. The third kappa shape index (κ3) is 3.98. The summed E-state index contributed by atoms with van der Waals surface area (Å²) < 4.78 is 3.60. The van der Waals surface area contributed by atoms with Gasteiger partial charge >= 0.3 is 5.97 Å². The van der Waals surface area contributed by atoms with Crippen LogP contribution in [-0.2, 0) is 19.6 Å². The molecule has 7 heteroatoms. The van der Waals surface area contributed by atoms with Gasteiger partial charge in [0.05, 0.1) is 13.2 Å². The zero-order valence-electron chi connectivity index (χ0n) is 16.0. The molecule has 3 aromatic rings. The Bertz CT molecular complexity index is 974. The predicted octanol–water partition coefficient (Wildman–Crippen LogP) is 4.22. The van der Waals surface area contributed by atoms with Crippen molar-refractivity contribution in [3.63, 3.8) is 0 Å². The Morgan fingerprint density at radius 2 is 1.93 bits per heavy atom. The topological polar surface area (TPSA) is 80.3 Å². The van der Waals surface area contributed by atoms with E-state index in [9.17, 15) is 15.0 Å². The summed E-state index contributed by atoms with van der Waals surface area (Å²) in [4.78, 5) is 16.0. The maximum absolute atomic E-state index is 11.5. The number of imidazole rings is 1. The molecule has 0 unspecified atom stereocenters. The van der Waals surface area contributed by atoms with Crippen LogP contribution in [0.2, 0.25) is 5.15 Å². The average Bonchev–Trinajstić information content (AvgIpc) is 3.21. The maximum Gasteiger partial charge on any atom is 0.353 e. The van der Waals surface area contributed by atoms with Gasteiger partial charge in [0.25, 0.3) is 0 Å². The van der Waals surface area contributed by atoms with Crippen LogP contribution < -0.4 is 0 Å². The Labute approximate surface area is 169 Å². The van der Waals surface area contributed by atoms with Gasteiger partial charge in [0.15, 0.2) is 0 Å². The average molecular weight is 402 g/mol. The number of carboxylic acids is 1. The molecule has 3 rings (SSSR count). The molecule has 0 aliphatic rings. The summed E-state index contributed by atoms with van der Waals surface area (Å²) in [6.07, 6.45) is 4.62. The number of unbranched alkanes of at least 4 members (excludes halogenated alkanes) is 1. The van der Waals surface area contributed by atoms with Gasteiger partial charge in [0, 0.05) is 18.3 Å². The molecule has 2 N–H and O–H groups in total. The lowest BCUT2D eigenvalue weighted by Gasteiger charge is -2.11. The van der Waals surface area contributed by atoms with Crippen LogP contribution >= 0.6 is 11.6 Å². The zero-order chi connectivity index (χ0) is 20.3. The number of rotatable bonds is 8. The van der Waals surface area contributed by atoms with Gasteiger partial charge in [-0.05, 0) is 42.7 Å². The molecule has 0 amide bonds. The highest BCUT2D eigenvalue weighted by atomic mass is 35.5. The minimum atomic E-state index is -0.950. The van der Waals surface area contributed by atoms with Gasteiger partial charge in [-0.2, -0.15) is 0 Å². The quantitative estimate of drug-likeness (QED) is 0.592.